The number of ether oxygens (including phenoxy) is 1. The van der Waals surface area contributed by atoms with Crippen molar-refractivity contribution < 1.29 is 19.4 Å². The van der Waals surface area contributed by atoms with Crippen LogP contribution in [0, 0.1) is 0 Å². The number of rotatable bonds is 2. The molecule has 2 N–H and O–H groups in total. The molecule has 0 bridgehead atoms. The Morgan fingerprint density at radius 2 is 2.24 bits per heavy atom. The van der Waals surface area contributed by atoms with Crippen LogP contribution in [0.2, 0.25) is 0 Å². The minimum atomic E-state index is -0.908. The Kier molecular flexibility index (Phi) is 3.90. The quantitative estimate of drug-likeness (QED) is 0.817. The van der Waals surface area contributed by atoms with Crippen molar-refractivity contribution >= 4 is 11.9 Å². The largest absolute Gasteiger partial charge is 0.478 e. The second-order valence-corrected chi connectivity index (χ2v) is 5.34. The van der Waals surface area contributed by atoms with Crippen LogP contribution in [0.1, 0.15) is 21.5 Å². The zero-order valence-corrected chi connectivity index (χ0v) is 11.7. The van der Waals surface area contributed by atoms with Gasteiger partial charge >= 0.3 is 5.97 Å². The molecule has 21 heavy (non-hydrogen) atoms. The number of nitrogens with zero attached hydrogens (tertiary/aromatic N) is 1. The van der Waals surface area contributed by atoms with E-state index < -0.39 is 5.97 Å². The number of aromatic carboxylic acids is 1. The van der Waals surface area contributed by atoms with Gasteiger partial charge in [-0.05, 0) is 23.6 Å². The smallest absolute Gasteiger partial charge is 0.335 e. The molecule has 0 aliphatic carbocycles. The van der Waals surface area contributed by atoms with Gasteiger partial charge in [0.05, 0.1) is 18.8 Å². The Morgan fingerprint density at radius 1 is 1.38 bits per heavy atom. The summed E-state index contributed by atoms with van der Waals surface area (Å²) in [6, 6.07) is 4.96. The van der Waals surface area contributed by atoms with Crippen molar-refractivity contribution in [3.63, 3.8) is 0 Å². The molecule has 112 valence electrons. The van der Waals surface area contributed by atoms with Gasteiger partial charge < -0.3 is 20.1 Å². The first-order valence-corrected chi connectivity index (χ1v) is 7.11. The molecule has 3 rings (SSSR count). The molecular weight excluding hydrogens is 272 g/mol. The summed E-state index contributed by atoms with van der Waals surface area (Å²) in [6.45, 7) is 2.73. The van der Waals surface area contributed by atoms with Crippen LogP contribution in [0.3, 0.4) is 0 Å². The van der Waals surface area contributed by atoms with Crippen molar-refractivity contribution in [3.8, 4) is 0 Å². The van der Waals surface area contributed by atoms with Gasteiger partial charge in [0.25, 0.3) is 0 Å². The zero-order valence-electron chi connectivity index (χ0n) is 11.7. The van der Waals surface area contributed by atoms with E-state index in [2.05, 4.69) is 5.32 Å². The average molecular weight is 290 g/mol. The normalized spacial score (nSPS) is 21.7. The Morgan fingerprint density at radius 3 is 2.95 bits per heavy atom. The predicted octanol–water partition coefficient (Wildman–Crippen LogP) is 0.258. The van der Waals surface area contributed by atoms with Crippen molar-refractivity contribution in [1.82, 2.24) is 10.2 Å². The van der Waals surface area contributed by atoms with E-state index in [0.717, 1.165) is 11.1 Å². The van der Waals surface area contributed by atoms with Crippen LogP contribution >= 0.6 is 0 Å². The van der Waals surface area contributed by atoms with Gasteiger partial charge in [-0.3, -0.25) is 4.79 Å². The Hall–Kier alpha value is -1.92. The van der Waals surface area contributed by atoms with E-state index in [0.29, 0.717) is 44.8 Å². The fourth-order valence-electron chi connectivity index (χ4n) is 2.94. The van der Waals surface area contributed by atoms with E-state index >= 15 is 0 Å². The lowest BCUT2D eigenvalue weighted by molar-refractivity contribution is -0.137. The summed E-state index contributed by atoms with van der Waals surface area (Å²) in [5.41, 5.74) is 2.12. The molecule has 1 amide bonds. The van der Waals surface area contributed by atoms with Crippen molar-refractivity contribution in [2.75, 3.05) is 26.3 Å². The maximum atomic E-state index is 12.4. The molecule has 2 aliphatic heterocycles. The number of amides is 1. The summed E-state index contributed by atoms with van der Waals surface area (Å²) in [7, 11) is 0. The maximum absolute atomic E-state index is 12.4. The molecule has 1 unspecified atom stereocenters. The third-order valence-electron chi connectivity index (χ3n) is 4.03. The lowest BCUT2D eigenvalue weighted by Gasteiger charge is -2.33. The van der Waals surface area contributed by atoms with Crippen LogP contribution in [-0.4, -0.2) is 54.2 Å². The number of hydrogen-bond donors (Lipinski definition) is 2. The molecule has 1 saturated heterocycles. The first-order valence-electron chi connectivity index (χ1n) is 7.11. The summed E-state index contributed by atoms with van der Waals surface area (Å²) in [6.07, 6.45) is 0.580. The summed E-state index contributed by atoms with van der Waals surface area (Å²) in [5.74, 6) is -0.880. The second-order valence-electron chi connectivity index (χ2n) is 5.34. The van der Waals surface area contributed by atoms with Crippen LogP contribution in [0.5, 0.6) is 0 Å². The van der Waals surface area contributed by atoms with Gasteiger partial charge in [-0.15, -0.1) is 0 Å². The highest BCUT2D eigenvalue weighted by Crippen LogP contribution is 2.23. The lowest BCUT2D eigenvalue weighted by atomic mass is 9.94. The standard InChI is InChI=1S/C15H18N2O4/c18-14(13-9-21-7-5-16-13)17-6-4-11-10(8-17)2-1-3-12(11)15(19)20/h1-3,13,16H,4-9H2,(H,19,20). The maximum Gasteiger partial charge on any atom is 0.335 e. The van der Waals surface area contributed by atoms with E-state index in [1.165, 1.54) is 0 Å². The summed E-state index contributed by atoms with van der Waals surface area (Å²) in [5, 5.41) is 12.4. The van der Waals surface area contributed by atoms with E-state index in [1.54, 1.807) is 17.0 Å². The zero-order chi connectivity index (χ0) is 14.8. The molecule has 1 aromatic carbocycles. The van der Waals surface area contributed by atoms with Crippen molar-refractivity contribution in [1.29, 1.82) is 0 Å². The fourth-order valence-corrected chi connectivity index (χ4v) is 2.94. The van der Waals surface area contributed by atoms with E-state index in [4.69, 9.17) is 4.74 Å². The number of nitrogens with one attached hydrogen (secondary N) is 1. The van der Waals surface area contributed by atoms with Gasteiger partial charge in [0.2, 0.25) is 5.91 Å². The van der Waals surface area contributed by atoms with Gasteiger partial charge in [-0.2, -0.15) is 0 Å². The van der Waals surface area contributed by atoms with Gasteiger partial charge in [0.15, 0.2) is 0 Å². The van der Waals surface area contributed by atoms with Gasteiger partial charge in [0.1, 0.15) is 6.04 Å². The number of morpholine rings is 1. The number of fused-ring (bicyclic) bond motifs is 1. The monoisotopic (exact) mass is 290 g/mol. The molecule has 6 heteroatoms. The molecule has 0 radical (unpaired) electrons. The molecule has 1 atom stereocenters. The molecule has 6 nitrogen and oxygen atoms in total. The SMILES string of the molecule is O=C(O)c1cccc2c1CCN(C(=O)C1COCCN1)C2. The molecule has 2 aliphatic rings. The van der Waals surface area contributed by atoms with E-state index in [-0.39, 0.29) is 11.9 Å². The van der Waals surface area contributed by atoms with Crippen molar-refractivity contribution in [2.24, 2.45) is 0 Å². The highest BCUT2D eigenvalue weighted by Gasteiger charge is 2.29. The number of carbonyl (C=O) groups excluding carboxylic acids is 1. The van der Waals surface area contributed by atoms with Crippen LogP contribution in [0.25, 0.3) is 0 Å². The Balaban J connectivity index is 1.77. The third-order valence-corrected chi connectivity index (χ3v) is 4.03. The molecule has 0 spiro atoms. The molecule has 1 fully saturated rings. The number of hydrogen-bond acceptors (Lipinski definition) is 4. The minimum absolute atomic E-state index is 0.0288. The van der Waals surface area contributed by atoms with Gasteiger partial charge in [0, 0.05) is 19.6 Å². The average Bonchev–Trinajstić information content (AvgIpc) is 2.53. The van der Waals surface area contributed by atoms with Gasteiger partial charge in [-0.25, -0.2) is 4.79 Å². The number of carbonyl (C=O) groups is 2. The minimum Gasteiger partial charge on any atom is -0.478 e. The van der Waals surface area contributed by atoms with Crippen LogP contribution < -0.4 is 5.32 Å². The van der Waals surface area contributed by atoms with Crippen molar-refractivity contribution in [3.05, 3.63) is 34.9 Å². The first-order chi connectivity index (χ1) is 10.2. The topological polar surface area (TPSA) is 78.9 Å². The van der Waals surface area contributed by atoms with Crippen LogP contribution in [-0.2, 0) is 22.5 Å². The second kappa shape index (κ2) is 5.83. The predicted molar refractivity (Wildman–Crippen MR) is 75.1 cm³/mol. The fraction of sp³-hybridized carbons (Fsp3) is 0.467. The molecule has 2 heterocycles. The highest BCUT2D eigenvalue weighted by molar-refractivity contribution is 5.90. The Bertz CT molecular complexity index is 567. The molecule has 0 saturated carbocycles. The molecular formula is C15H18N2O4. The van der Waals surface area contributed by atoms with Gasteiger partial charge in [-0.1, -0.05) is 12.1 Å². The summed E-state index contributed by atoms with van der Waals surface area (Å²) >= 11 is 0. The van der Waals surface area contributed by atoms with E-state index in [1.807, 2.05) is 6.07 Å². The summed E-state index contributed by atoms with van der Waals surface area (Å²) in [4.78, 5) is 25.5. The lowest BCUT2D eigenvalue weighted by Crippen LogP contribution is -2.53. The van der Waals surface area contributed by atoms with Crippen molar-refractivity contribution in [2.45, 2.75) is 19.0 Å². The highest BCUT2D eigenvalue weighted by atomic mass is 16.5. The number of carboxylic acids is 1. The molecule has 0 aromatic heterocycles. The van der Waals surface area contributed by atoms with E-state index in [9.17, 15) is 14.7 Å². The Labute approximate surface area is 122 Å². The first kappa shape index (κ1) is 14.0. The number of carboxylic acid groups (broad SMARTS) is 1. The van der Waals surface area contributed by atoms with Crippen LogP contribution in [0.15, 0.2) is 18.2 Å². The van der Waals surface area contributed by atoms with Crippen LogP contribution in [0.4, 0.5) is 0 Å². The number of benzene rings is 1. The molecule has 1 aromatic rings. The summed E-state index contributed by atoms with van der Waals surface area (Å²) < 4.78 is 5.33. The third kappa shape index (κ3) is 2.77.